The monoisotopic (exact) mass is 344 g/mol. The Balaban J connectivity index is 1.95. The van der Waals surface area contributed by atoms with Gasteiger partial charge in [-0.2, -0.15) is 0 Å². The van der Waals surface area contributed by atoms with Crippen molar-refractivity contribution in [3.63, 3.8) is 0 Å². The van der Waals surface area contributed by atoms with Gasteiger partial charge in [-0.1, -0.05) is 6.07 Å². The van der Waals surface area contributed by atoms with E-state index in [0.29, 0.717) is 30.1 Å². The molecule has 0 unspecified atom stereocenters. The molecule has 0 fully saturated rings. The lowest BCUT2D eigenvalue weighted by Crippen LogP contribution is -2.30. The van der Waals surface area contributed by atoms with E-state index in [2.05, 4.69) is 5.32 Å². The number of rotatable bonds is 7. The third-order valence-electron chi connectivity index (χ3n) is 3.63. The molecule has 2 aromatic carbocycles. The lowest BCUT2D eigenvalue weighted by molar-refractivity contribution is -0.118. The number of anilines is 1. The Labute approximate surface area is 146 Å². The first kappa shape index (κ1) is 18.4. The van der Waals surface area contributed by atoms with Gasteiger partial charge in [-0.05, 0) is 56.3 Å². The Morgan fingerprint density at radius 2 is 1.76 bits per heavy atom. The molecule has 0 saturated carbocycles. The SMILES string of the molecule is CCN(CC)C(=O)c1cccc(NC(=O)COc2ccc(F)cc2)c1. The Hall–Kier alpha value is -2.89. The van der Waals surface area contributed by atoms with Crippen LogP contribution in [0.2, 0.25) is 0 Å². The topological polar surface area (TPSA) is 58.6 Å². The minimum atomic E-state index is -0.369. The second-order valence-electron chi connectivity index (χ2n) is 5.35. The molecule has 1 N–H and O–H groups in total. The summed E-state index contributed by atoms with van der Waals surface area (Å²) in [5, 5.41) is 2.69. The van der Waals surface area contributed by atoms with E-state index in [9.17, 15) is 14.0 Å². The second-order valence-corrected chi connectivity index (χ2v) is 5.35. The van der Waals surface area contributed by atoms with E-state index in [-0.39, 0.29) is 24.2 Å². The van der Waals surface area contributed by atoms with Crippen molar-refractivity contribution in [2.75, 3.05) is 25.0 Å². The largest absolute Gasteiger partial charge is 0.484 e. The van der Waals surface area contributed by atoms with Crippen molar-refractivity contribution in [1.29, 1.82) is 0 Å². The van der Waals surface area contributed by atoms with E-state index in [1.807, 2.05) is 13.8 Å². The first-order valence-corrected chi connectivity index (χ1v) is 8.11. The molecule has 2 aromatic rings. The number of hydrogen-bond donors (Lipinski definition) is 1. The van der Waals surface area contributed by atoms with Crippen LogP contribution in [-0.2, 0) is 4.79 Å². The highest BCUT2D eigenvalue weighted by atomic mass is 19.1. The first-order valence-electron chi connectivity index (χ1n) is 8.11. The van der Waals surface area contributed by atoms with Crippen molar-refractivity contribution >= 4 is 17.5 Å². The number of carbonyl (C=O) groups excluding carboxylic acids is 2. The molecule has 5 nitrogen and oxygen atoms in total. The van der Waals surface area contributed by atoms with Crippen molar-refractivity contribution in [2.24, 2.45) is 0 Å². The number of nitrogens with zero attached hydrogens (tertiary/aromatic N) is 1. The van der Waals surface area contributed by atoms with Crippen LogP contribution in [0, 0.1) is 5.82 Å². The molecule has 0 bridgehead atoms. The van der Waals surface area contributed by atoms with Gasteiger partial charge >= 0.3 is 0 Å². The van der Waals surface area contributed by atoms with Crippen LogP contribution in [0.3, 0.4) is 0 Å². The fourth-order valence-electron chi connectivity index (χ4n) is 2.30. The van der Waals surface area contributed by atoms with Crippen molar-refractivity contribution in [1.82, 2.24) is 4.90 Å². The number of amides is 2. The van der Waals surface area contributed by atoms with Crippen LogP contribution in [0.1, 0.15) is 24.2 Å². The van der Waals surface area contributed by atoms with Crippen molar-refractivity contribution < 1.29 is 18.7 Å². The summed E-state index contributed by atoms with van der Waals surface area (Å²) < 4.78 is 18.1. The van der Waals surface area contributed by atoms with Gasteiger partial charge in [0.05, 0.1) is 0 Å². The second kappa shape index (κ2) is 8.82. The highest BCUT2D eigenvalue weighted by molar-refractivity contribution is 5.97. The van der Waals surface area contributed by atoms with Gasteiger partial charge in [0.15, 0.2) is 6.61 Å². The van der Waals surface area contributed by atoms with Gasteiger partial charge in [0.25, 0.3) is 11.8 Å². The van der Waals surface area contributed by atoms with Gasteiger partial charge in [-0.15, -0.1) is 0 Å². The quantitative estimate of drug-likeness (QED) is 0.838. The van der Waals surface area contributed by atoms with Crippen molar-refractivity contribution in [3.05, 3.63) is 59.9 Å². The maximum atomic E-state index is 12.8. The van der Waals surface area contributed by atoms with E-state index < -0.39 is 0 Å². The Morgan fingerprint density at radius 1 is 1.08 bits per heavy atom. The molecule has 0 radical (unpaired) electrons. The fraction of sp³-hybridized carbons (Fsp3) is 0.263. The van der Waals surface area contributed by atoms with E-state index in [1.54, 1.807) is 29.2 Å². The zero-order valence-electron chi connectivity index (χ0n) is 14.3. The summed E-state index contributed by atoms with van der Waals surface area (Å²) in [4.78, 5) is 26.0. The van der Waals surface area contributed by atoms with Gasteiger partial charge < -0.3 is 15.0 Å². The van der Waals surface area contributed by atoms with Gasteiger partial charge in [-0.25, -0.2) is 4.39 Å². The predicted molar refractivity (Wildman–Crippen MR) is 94.2 cm³/mol. The van der Waals surface area contributed by atoms with Crippen molar-refractivity contribution in [3.8, 4) is 5.75 Å². The number of benzene rings is 2. The van der Waals surface area contributed by atoms with Crippen LogP contribution in [0.25, 0.3) is 0 Å². The normalized spacial score (nSPS) is 10.2. The number of halogens is 1. The summed E-state index contributed by atoms with van der Waals surface area (Å²) in [5.74, 6) is -0.408. The summed E-state index contributed by atoms with van der Waals surface area (Å²) in [6.07, 6.45) is 0. The third-order valence-corrected chi connectivity index (χ3v) is 3.63. The number of nitrogens with one attached hydrogen (secondary N) is 1. The zero-order chi connectivity index (χ0) is 18.2. The van der Waals surface area contributed by atoms with Gasteiger partial charge in [0, 0.05) is 24.3 Å². The molecule has 2 rings (SSSR count). The standard InChI is InChI=1S/C19H21FN2O3/c1-3-22(4-2)19(24)14-6-5-7-16(12-14)21-18(23)13-25-17-10-8-15(20)9-11-17/h5-12H,3-4,13H2,1-2H3,(H,21,23). The third kappa shape index (κ3) is 5.31. The molecule has 6 heteroatoms. The Bertz CT molecular complexity index is 728. The summed E-state index contributed by atoms with van der Waals surface area (Å²) in [6.45, 7) is 4.87. The lowest BCUT2D eigenvalue weighted by atomic mass is 10.1. The van der Waals surface area contributed by atoms with Gasteiger partial charge in [0.2, 0.25) is 0 Å². The van der Waals surface area contributed by atoms with Crippen molar-refractivity contribution in [2.45, 2.75) is 13.8 Å². The number of hydrogen-bond acceptors (Lipinski definition) is 3. The van der Waals surface area contributed by atoms with E-state index in [0.717, 1.165) is 0 Å². The minimum Gasteiger partial charge on any atom is -0.484 e. The molecule has 0 aliphatic rings. The molecule has 0 spiro atoms. The summed E-state index contributed by atoms with van der Waals surface area (Å²) >= 11 is 0. The van der Waals surface area contributed by atoms with Crippen LogP contribution in [0.5, 0.6) is 5.75 Å². The Morgan fingerprint density at radius 3 is 2.40 bits per heavy atom. The summed E-state index contributed by atoms with van der Waals surface area (Å²) in [7, 11) is 0. The molecule has 0 heterocycles. The van der Waals surface area contributed by atoms with Crippen LogP contribution in [0.4, 0.5) is 10.1 Å². The Kier molecular flexibility index (Phi) is 6.51. The maximum absolute atomic E-state index is 12.8. The van der Waals surface area contributed by atoms with E-state index >= 15 is 0 Å². The molecule has 0 aromatic heterocycles. The molecule has 132 valence electrons. The smallest absolute Gasteiger partial charge is 0.262 e. The van der Waals surface area contributed by atoms with Crippen LogP contribution in [-0.4, -0.2) is 36.4 Å². The van der Waals surface area contributed by atoms with Crippen LogP contribution < -0.4 is 10.1 Å². The average molecular weight is 344 g/mol. The maximum Gasteiger partial charge on any atom is 0.262 e. The average Bonchev–Trinajstić information content (AvgIpc) is 2.62. The summed E-state index contributed by atoms with van der Waals surface area (Å²) in [6, 6.07) is 12.2. The predicted octanol–water partition coefficient (Wildman–Crippen LogP) is 3.33. The van der Waals surface area contributed by atoms with Crippen LogP contribution >= 0.6 is 0 Å². The lowest BCUT2D eigenvalue weighted by Gasteiger charge is -2.19. The molecular weight excluding hydrogens is 323 g/mol. The molecule has 0 atom stereocenters. The molecule has 0 saturated heterocycles. The first-order chi connectivity index (χ1) is 12.0. The van der Waals surface area contributed by atoms with E-state index in [1.165, 1.54) is 24.3 Å². The fourth-order valence-corrected chi connectivity index (χ4v) is 2.30. The molecule has 0 aliphatic heterocycles. The summed E-state index contributed by atoms with van der Waals surface area (Å²) in [5.41, 5.74) is 1.03. The molecule has 0 aliphatic carbocycles. The molecule has 25 heavy (non-hydrogen) atoms. The highest BCUT2D eigenvalue weighted by Gasteiger charge is 2.13. The van der Waals surface area contributed by atoms with Gasteiger partial charge in [-0.3, -0.25) is 9.59 Å². The van der Waals surface area contributed by atoms with Gasteiger partial charge in [0.1, 0.15) is 11.6 Å². The highest BCUT2D eigenvalue weighted by Crippen LogP contribution is 2.14. The zero-order valence-corrected chi connectivity index (χ0v) is 14.3. The minimum absolute atomic E-state index is 0.0799. The molecular formula is C19H21FN2O3. The number of ether oxygens (including phenoxy) is 1. The molecule has 2 amide bonds. The van der Waals surface area contributed by atoms with Crippen LogP contribution in [0.15, 0.2) is 48.5 Å². The number of carbonyl (C=O) groups is 2. The van der Waals surface area contributed by atoms with E-state index in [4.69, 9.17) is 4.74 Å².